The smallest absolute Gasteiger partial charge is 0.255 e. The first-order valence-electron chi connectivity index (χ1n) is 7.93. The Labute approximate surface area is 136 Å². The highest BCUT2D eigenvalue weighted by Gasteiger charge is 2.23. The highest BCUT2D eigenvalue weighted by molar-refractivity contribution is 5.94. The maximum atomic E-state index is 12.5. The maximum absolute atomic E-state index is 12.5. The summed E-state index contributed by atoms with van der Waals surface area (Å²) < 4.78 is 7.35. The third kappa shape index (κ3) is 3.47. The normalized spacial score (nSPS) is 14.9. The number of amides is 1. The molecule has 1 aliphatic heterocycles. The number of hydrogen-bond donors (Lipinski definition) is 0. The lowest BCUT2D eigenvalue weighted by molar-refractivity contribution is 0.0746. The number of carbonyl (C=O) groups excluding carboxylic acids is 1. The Morgan fingerprint density at radius 1 is 1.22 bits per heavy atom. The summed E-state index contributed by atoms with van der Waals surface area (Å²) in [6.07, 6.45) is 3.76. The van der Waals surface area contributed by atoms with E-state index < -0.39 is 0 Å². The Bertz CT molecular complexity index is 675. The van der Waals surface area contributed by atoms with Crippen LogP contribution in [0.5, 0.6) is 5.88 Å². The highest BCUT2D eigenvalue weighted by Crippen LogP contribution is 2.18. The maximum Gasteiger partial charge on any atom is 0.255 e. The fourth-order valence-electron chi connectivity index (χ4n) is 2.76. The first-order valence-corrected chi connectivity index (χ1v) is 7.93. The van der Waals surface area contributed by atoms with Gasteiger partial charge < -0.3 is 19.1 Å². The number of nitrogens with zero attached hydrogens (tertiary/aromatic N) is 4. The van der Waals surface area contributed by atoms with Gasteiger partial charge in [-0.25, -0.2) is 0 Å². The average Bonchev–Trinajstić information content (AvgIpc) is 3.01. The van der Waals surface area contributed by atoms with Crippen LogP contribution in [-0.2, 0) is 7.05 Å². The molecular weight excluding hydrogens is 292 g/mol. The predicted molar refractivity (Wildman–Crippen MR) is 88.9 cm³/mol. The molecule has 122 valence electrons. The van der Waals surface area contributed by atoms with Crippen molar-refractivity contribution >= 4 is 11.7 Å². The Balaban J connectivity index is 1.62. The van der Waals surface area contributed by atoms with Crippen LogP contribution in [0.2, 0.25) is 0 Å². The fourth-order valence-corrected chi connectivity index (χ4v) is 2.76. The number of anilines is 1. The van der Waals surface area contributed by atoms with E-state index in [1.807, 2.05) is 60.1 Å². The van der Waals surface area contributed by atoms with Crippen molar-refractivity contribution in [2.75, 3.05) is 37.7 Å². The molecule has 1 fully saturated rings. The summed E-state index contributed by atoms with van der Waals surface area (Å²) in [5.41, 5.74) is 0.748. The van der Waals surface area contributed by atoms with Crippen molar-refractivity contribution in [1.82, 2.24) is 14.5 Å². The van der Waals surface area contributed by atoms with E-state index in [4.69, 9.17) is 4.74 Å². The van der Waals surface area contributed by atoms with E-state index in [-0.39, 0.29) is 5.91 Å². The lowest BCUT2D eigenvalue weighted by Gasteiger charge is -2.35. The number of ether oxygens (including phenoxy) is 1. The largest absolute Gasteiger partial charge is 0.478 e. The second-order valence-corrected chi connectivity index (χ2v) is 5.61. The lowest BCUT2D eigenvalue weighted by atomic mass is 10.2. The van der Waals surface area contributed by atoms with E-state index in [0.717, 1.165) is 24.5 Å². The van der Waals surface area contributed by atoms with Crippen molar-refractivity contribution < 1.29 is 9.53 Å². The SMILES string of the molecule is CCOc1cccc(N2CCN(C(=O)c3ccn(C)c3)CC2)n1. The molecule has 3 rings (SSSR count). The van der Waals surface area contributed by atoms with Gasteiger partial charge in [-0.3, -0.25) is 4.79 Å². The van der Waals surface area contributed by atoms with Gasteiger partial charge in [0.15, 0.2) is 0 Å². The first-order chi connectivity index (χ1) is 11.2. The molecular formula is C17H22N4O2. The number of hydrogen-bond acceptors (Lipinski definition) is 4. The van der Waals surface area contributed by atoms with E-state index in [1.165, 1.54) is 0 Å². The summed E-state index contributed by atoms with van der Waals surface area (Å²) in [6, 6.07) is 7.66. The zero-order valence-electron chi connectivity index (χ0n) is 13.6. The monoisotopic (exact) mass is 314 g/mol. The molecule has 2 aromatic heterocycles. The molecule has 6 nitrogen and oxygen atoms in total. The average molecular weight is 314 g/mol. The Hall–Kier alpha value is -2.50. The number of aromatic nitrogens is 2. The van der Waals surface area contributed by atoms with Crippen LogP contribution in [0.25, 0.3) is 0 Å². The molecule has 0 aliphatic carbocycles. The molecule has 1 saturated heterocycles. The second-order valence-electron chi connectivity index (χ2n) is 5.61. The highest BCUT2D eigenvalue weighted by atomic mass is 16.5. The Kier molecular flexibility index (Phi) is 4.50. The molecule has 2 aromatic rings. The number of aryl methyl sites for hydroxylation is 1. The summed E-state index contributed by atoms with van der Waals surface area (Å²) in [5, 5.41) is 0. The van der Waals surface area contributed by atoms with Gasteiger partial charge in [0.2, 0.25) is 5.88 Å². The van der Waals surface area contributed by atoms with E-state index in [0.29, 0.717) is 25.6 Å². The van der Waals surface area contributed by atoms with Gasteiger partial charge in [0.05, 0.1) is 12.2 Å². The molecule has 0 aromatic carbocycles. The minimum Gasteiger partial charge on any atom is -0.478 e. The van der Waals surface area contributed by atoms with E-state index in [2.05, 4.69) is 9.88 Å². The van der Waals surface area contributed by atoms with Crippen LogP contribution >= 0.6 is 0 Å². The summed E-state index contributed by atoms with van der Waals surface area (Å²) in [7, 11) is 1.92. The van der Waals surface area contributed by atoms with Crippen LogP contribution in [0.3, 0.4) is 0 Å². The lowest BCUT2D eigenvalue weighted by Crippen LogP contribution is -2.49. The predicted octanol–water partition coefficient (Wildman–Crippen LogP) is 1.78. The fraction of sp³-hybridized carbons (Fsp3) is 0.412. The first kappa shape index (κ1) is 15.4. The van der Waals surface area contributed by atoms with Gasteiger partial charge in [-0.2, -0.15) is 4.98 Å². The van der Waals surface area contributed by atoms with Crippen molar-refractivity contribution in [2.45, 2.75) is 6.92 Å². The molecule has 0 spiro atoms. The summed E-state index contributed by atoms with van der Waals surface area (Å²) in [5.74, 6) is 1.65. The van der Waals surface area contributed by atoms with Crippen LogP contribution in [-0.4, -0.2) is 53.1 Å². The summed E-state index contributed by atoms with van der Waals surface area (Å²) >= 11 is 0. The van der Waals surface area contributed by atoms with Gasteiger partial charge >= 0.3 is 0 Å². The molecule has 0 bridgehead atoms. The molecule has 1 aliphatic rings. The second kappa shape index (κ2) is 6.73. The minimum atomic E-state index is 0.0984. The summed E-state index contributed by atoms with van der Waals surface area (Å²) in [6.45, 7) is 5.52. The minimum absolute atomic E-state index is 0.0984. The van der Waals surface area contributed by atoms with Crippen molar-refractivity contribution in [3.63, 3.8) is 0 Å². The van der Waals surface area contributed by atoms with Crippen molar-refractivity contribution in [3.05, 3.63) is 42.2 Å². The van der Waals surface area contributed by atoms with Gasteiger partial charge in [-0.15, -0.1) is 0 Å². The van der Waals surface area contributed by atoms with Gasteiger partial charge in [-0.05, 0) is 19.1 Å². The molecule has 1 amide bonds. The molecule has 0 atom stereocenters. The third-order valence-electron chi connectivity index (χ3n) is 3.97. The number of piperazine rings is 1. The molecule has 0 unspecified atom stereocenters. The van der Waals surface area contributed by atoms with Crippen LogP contribution in [0.1, 0.15) is 17.3 Å². The van der Waals surface area contributed by atoms with Gasteiger partial charge in [-0.1, -0.05) is 6.07 Å². The number of rotatable bonds is 4. The van der Waals surface area contributed by atoms with Crippen LogP contribution < -0.4 is 9.64 Å². The third-order valence-corrected chi connectivity index (χ3v) is 3.97. The quantitative estimate of drug-likeness (QED) is 0.863. The molecule has 3 heterocycles. The van der Waals surface area contributed by atoms with Crippen molar-refractivity contribution in [1.29, 1.82) is 0 Å². The van der Waals surface area contributed by atoms with E-state index in [1.54, 1.807) is 0 Å². The molecule has 0 radical (unpaired) electrons. The Morgan fingerprint density at radius 3 is 2.65 bits per heavy atom. The Morgan fingerprint density at radius 2 is 2.00 bits per heavy atom. The zero-order chi connectivity index (χ0) is 16.2. The molecule has 0 N–H and O–H groups in total. The standard InChI is InChI=1S/C17H22N4O2/c1-3-23-16-6-4-5-15(18-16)20-9-11-21(12-10-20)17(22)14-7-8-19(2)13-14/h4-8,13H,3,9-12H2,1-2H3. The van der Waals surface area contributed by atoms with Crippen LogP contribution in [0.4, 0.5) is 5.82 Å². The summed E-state index contributed by atoms with van der Waals surface area (Å²) in [4.78, 5) is 21.1. The van der Waals surface area contributed by atoms with Crippen molar-refractivity contribution in [2.24, 2.45) is 7.05 Å². The van der Waals surface area contributed by atoms with Gasteiger partial charge in [0.1, 0.15) is 5.82 Å². The van der Waals surface area contributed by atoms with Crippen molar-refractivity contribution in [3.8, 4) is 5.88 Å². The molecule has 6 heteroatoms. The topological polar surface area (TPSA) is 50.6 Å². The zero-order valence-corrected chi connectivity index (χ0v) is 13.6. The number of carbonyl (C=O) groups is 1. The molecule has 23 heavy (non-hydrogen) atoms. The van der Waals surface area contributed by atoms with E-state index >= 15 is 0 Å². The van der Waals surface area contributed by atoms with Gasteiger partial charge in [0, 0.05) is 51.7 Å². The van der Waals surface area contributed by atoms with Gasteiger partial charge in [0.25, 0.3) is 5.91 Å². The number of pyridine rings is 1. The van der Waals surface area contributed by atoms with E-state index in [9.17, 15) is 4.79 Å². The van der Waals surface area contributed by atoms with Crippen LogP contribution in [0, 0.1) is 0 Å². The van der Waals surface area contributed by atoms with Crippen LogP contribution in [0.15, 0.2) is 36.7 Å². The molecule has 0 saturated carbocycles.